The van der Waals surface area contributed by atoms with Gasteiger partial charge in [0.05, 0.1) is 5.56 Å². The van der Waals surface area contributed by atoms with Gasteiger partial charge in [0.15, 0.2) is 0 Å². The third-order valence-electron chi connectivity index (χ3n) is 2.73. The summed E-state index contributed by atoms with van der Waals surface area (Å²) < 4.78 is 13.2. The van der Waals surface area contributed by atoms with Crippen LogP contribution in [0.15, 0.2) is 18.2 Å². The number of rotatable bonds is 6. The molecule has 0 heterocycles. The summed E-state index contributed by atoms with van der Waals surface area (Å²) in [5.41, 5.74) is 0.927. The van der Waals surface area contributed by atoms with Gasteiger partial charge in [0.2, 0.25) is 0 Å². The second-order valence-electron chi connectivity index (χ2n) is 4.23. The predicted molar refractivity (Wildman–Crippen MR) is 68.3 cm³/mol. The molecule has 2 nitrogen and oxygen atoms in total. The third-order valence-corrected chi connectivity index (χ3v) is 2.73. The smallest absolute Gasteiger partial charge is 0.141 e. The fourth-order valence-corrected chi connectivity index (χ4v) is 1.92. The Morgan fingerprint density at radius 3 is 2.47 bits per heavy atom. The van der Waals surface area contributed by atoms with Crippen LogP contribution < -0.4 is 5.32 Å². The summed E-state index contributed by atoms with van der Waals surface area (Å²) >= 11 is 0. The van der Waals surface area contributed by atoms with Crippen molar-refractivity contribution in [1.82, 2.24) is 0 Å². The van der Waals surface area contributed by atoms with E-state index in [9.17, 15) is 4.39 Å². The number of nitrogens with one attached hydrogen (secondary N) is 1. The number of hydrogen-bond acceptors (Lipinski definition) is 2. The zero-order valence-electron chi connectivity index (χ0n) is 10.5. The highest BCUT2D eigenvalue weighted by Crippen LogP contribution is 2.17. The molecule has 1 aromatic rings. The maximum atomic E-state index is 13.2. The lowest BCUT2D eigenvalue weighted by atomic mass is 10.1. The van der Waals surface area contributed by atoms with Crippen molar-refractivity contribution in [1.29, 1.82) is 5.26 Å². The average molecular weight is 234 g/mol. The molecule has 0 saturated carbocycles. The SMILES string of the molecule is CCCC(CCC)Nc1ccc(F)c(C#N)c1. The summed E-state index contributed by atoms with van der Waals surface area (Å²) in [5, 5.41) is 12.1. The van der Waals surface area contributed by atoms with Gasteiger partial charge >= 0.3 is 0 Å². The lowest BCUT2D eigenvalue weighted by molar-refractivity contribution is 0.585. The molecule has 0 fully saturated rings. The Bertz CT molecular complexity index is 390. The van der Waals surface area contributed by atoms with Crippen molar-refractivity contribution in [3.05, 3.63) is 29.6 Å². The largest absolute Gasteiger partial charge is 0.382 e. The van der Waals surface area contributed by atoms with Gasteiger partial charge in [0.1, 0.15) is 11.9 Å². The number of nitriles is 1. The number of anilines is 1. The van der Waals surface area contributed by atoms with E-state index in [2.05, 4.69) is 19.2 Å². The van der Waals surface area contributed by atoms with Crippen molar-refractivity contribution in [3.8, 4) is 6.07 Å². The van der Waals surface area contributed by atoms with Crippen molar-refractivity contribution in [2.24, 2.45) is 0 Å². The van der Waals surface area contributed by atoms with Crippen LogP contribution in [0.4, 0.5) is 10.1 Å². The first kappa shape index (κ1) is 13.5. The molecular formula is C14H19FN2. The molecular weight excluding hydrogens is 215 g/mol. The highest BCUT2D eigenvalue weighted by molar-refractivity contribution is 5.50. The first-order valence-corrected chi connectivity index (χ1v) is 6.17. The predicted octanol–water partition coefficient (Wildman–Crippen LogP) is 4.08. The molecule has 3 heteroatoms. The first-order valence-electron chi connectivity index (χ1n) is 6.17. The molecule has 0 aromatic heterocycles. The Morgan fingerprint density at radius 1 is 1.29 bits per heavy atom. The molecule has 0 atom stereocenters. The van der Waals surface area contributed by atoms with E-state index in [0.717, 1.165) is 31.4 Å². The van der Waals surface area contributed by atoms with Crippen LogP contribution in [0.2, 0.25) is 0 Å². The molecule has 0 unspecified atom stereocenters. The Hall–Kier alpha value is -1.56. The van der Waals surface area contributed by atoms with E-state index < -0.39 is 5.82 Å². The minimum Gasteiger partial charge on any atom is -0.382 e. The van der Waals surface area contributed by atoms with Gasteiger partial charge in [-0.05, 0) is 31.0 Å². The lowest BCUT2D eigenvalue weighted by Crippen LogP contribution is -2.18. The van der Waals surface area contributed by atoms with Crippen molar-refractivity contribution < 1.29 is 4.39 Å². The minimum atomic E-state index is -0.458. The van der Waals surface area contributed by atoms with E-state index >= 15 is 0 Å². The van der Waals surface area contributed by atoms with E-state index in [1.165, 1.54) is 6.07 Å². The number of hydrogen-bond donors (Lipinski definition) is 1. The van der Waals surface area contributed by atoms with Gasteiger partial charge in [-0.3, -0.25) is 0 Å². The molecule has 0 spiro atoms. The molecule has 0 bridgehead atoms. The summed E-state index contributed by atoms with van der Waals surface area (Å²) in [7, 11) is 0. The molecule has 0 amide bonds. The summed E-state index contributed by atoms with van der Waals surface area (Å²) in [5.74, 6) is -0.458. The summed E-state index contributed by atoms with van der Waals surface area (Å²) in [6, 6.07) is 6.87. The zero-order chi connectivity index (χ0) is 12.7. The van der Waals surface area contributed by atoms with Crippen molar-refractivity contribution in [3.63, 3.8) is 0 Å². The normalized spacial score (nSPS) is 10.3. The molecule has 1 N–H and O–H groups in total. The Kier molecular flexibility index (Phi) is 5.48. The van der Waals surface area contributed by atoms with E-state index in [4.69, 9.17) is 5.26 Å². The molecule has 0 aliphatic rings. The van der Waals surface area contributed by atoms with Crippen LogP contribution in [-0.2, 0) is 0 Å². The Labute approximate surface area is 102 Å². The van der Waals surface area contributed by atoms with Crippen molar-refractivity contribution in [2.45, 2.75) is 45.6 Å². The third kappa shape index (κ3) is 4.07. The molecule has 17 heavy (non-hydrogen) atoms. The fourth-order valence-electron chi connectivity index (χ4n) is 1.92. The molecule has 0 radical (unpaired) electrons. The van der Waals surface area contributed by atoms with Crippen LogP contribution in [0.3, 0.4) is 0 Å². The maximum Gasteiger partial charge on any atom is 0.141 e. The molecule has 1 rings (SSSR count). The van der Waals surface area contributed by atoms with Crippen molar-refractivity contribution >= 4 is 5.69 Å². The van der Waals surface area contributed by atoms with Crippen LogP contribution in [-0.4, -0.2) is 6.04 Å². The van der Waals surface area contributed by atoms with Gasteiger partial charge in [-0.25, -0.2) is 4.39 Å². The van der Waals surface area contributed by atoms with Gasteiger partial charge in [0, 0.05) is 11.7 Å². The van der Waals surface area contributed by atoms with Gasteiger partial charge in [-0.15, -0.1) is 0 Å². The number of halogens is 1. The second kappa shape index (κ2) is 6.90. The monoisotopic (exact) mass is 234 g/mol. The minimum absolute atomic E-state index is 0.0988. The molecule has 0 aliphatic heterocycles. The van der Waals surface area contributed by atoms with Gasteiger partial charge < -0.3 is 5.32 Å². The van der Waals surface area contributed by atoms with Crippen LogP contribution in [0.5, 0.6) is 0 Å². The van der Waals surface area contributed by atoms with E-state index in [1.807, 2.05) is 6.07 Å². The van der Waals surface area contributed by atoms with E-state index in [1.54, 1.807) is 12.1 Å². The van der Waals surface area contributed by atoms with Crippen LogP contribution >= 0.6 is 0 Å². The van der Waals surface area contributed by atoms with E-state index in [-0.39, 0.29) is 5.56 Å². The van der Waals surface area contributed by atoms with E-state index in [0.29, 0.717) is 6.04 Å². The molecule has 0 aliphatic carbocycles. The highest BCUT2D eigenvalue weighted by atomic mass is 19.1. The quantitative estimate of drug-likeness (QED) is 0.805. The summed E-state index contributed by atoms with van der Waals surface area (Å²) in [6.45, 7) is 4.30. The first-order chi connectivity index (χ1) is 8.21. The lowest BCUT2D eigenvalue weighted by Gasteiger charge is -2.18. The van der Waals surface area contributed by atoms with Crippen LogP contribution in [0, 0.1) is 17.1 Å². The number of nitrogens with zero attached hydrogens (tertiary/aromatic N) is 1. The van der Waals surface area contributed by atoms with Crippen LogP contribution in [0.25, 0.3) is 0 Å². The molecule has 92 valence electrons. The highest BCUT2D eigenvalue weighted by Gasteiger charge is 2.08. The zero-order valence-corrected chi connectivity index (χ0v) is 10.5. The summed E-state index contributed by atoms with van der Waals surface area (Å²) in [6.07, 6.45) is 4.41. The topological polar surface area (TPSA) is 35.8 Å². The Morgan fingerprint density at radius 2 is 1.94 bits per heavy atom. The van der Waals surface area contributed by atoms with Gasteiger partial charge in [-0.1, -0.05) is 26.7 Å². The van der Waals surface area contributed by atoms with Gasteiger partial charge in [-0.2, -0.15) is 5.26 Å². The van der Waals surface area contributed by atoms with Crippen LogP contribution in [0.1, 0.15) is 45.1 Å². The molecule has 1 aromatic carbocycles. The summed E-state index contributed by atoms with van der Waals surface area (Å²) in [4.78, 5) is 0. The maximum absolute atomic E-state index is 13.2. The Balaban J connectivity index is 2.75. The second-order valence-corrected chi connectivity index (χ2v) is 4.23. The van der Waals surface area contributed by atoms with Crippen molar-refractivity contribution in [2.75, 3.05) is 5.32 Å². The standard InChI is InChI=1S/C14H19FN2/c1-3-5-12(6-4-2)17-13-7-8-14(15)11(9-13)10-16/h7-9,12,17H,3-6H2,1-2H3. The number of benzene rings is 1. The molecule has 0 saturated heterocycles. The van der Waals surface area contributed by atoms with Gasteiger partial charge in [0.25, 0.3) is 0 Å². The average Bonchev–Trinajstić information content (AvgIpc) is 2.32. The fraction of sp³-hybridized carbons (Fsp3) is 0.500.